The van der Waals surface area contributed by atoms with Gasteiger partial charge in [-0.15, -0.1) is 0 Å². The van der Waals surface area contributed by atoms with E-state index in [1.807, 2.05) is 26.8 Å². The Kier molecular flexibility index (Phi) is 3.66. The molecule has 0 radical (unpaired) electrons. The average Bonchev–Trinajstić information content (AvgIpc) is 2.52. The molecule has 1 unspecified atom stereocenters. The number of aryl methyl sites for hydroxylation is 1. The topological polar surface area (TPSA) is 84.0 Å². The van der Waals surface area contributed by atoms with Crippen LogP contribution in [-0.2, 0) is 9.84 Å². The number of nitrogens with one attached hydrogen (secondary N) is 2. The molecule has 2 heterocycles. The lowest BCUT2D eigenvalue weighted by Gasteiger charge is -2.24. The first-order valence-corrected chi connectivity index (χ1v) is 8.22. The van der Waals surface area contributed by atoms with E-state index in [0.29, 0.717) is 18.1 Å². The fraction of sp³-hybridized carbons (Fsp3) is 0.667. The molecule has 0 saturated carbocycles. The van der Waals surface area contributed by atoms with Gasteiger partial charge in [-0.1, -0.05) is 0 Å². The SMILES string of the molecule is CCNc1cc(NC2(C)CCS(=O)(=O)C2)nc(C)n1. The molecule has 0 bridgehead atoms. The van der Waals surface area contributed by atoms with Crippen molar-refractivity contribution in [1.29, 1.82) is 0 Å². The number of aromatic nitrogens is 2. The third-order valence-electron chi connectivity index (χ3n) is 3.13. The molecule has 19 heavy (non-hydrogen) atoms. The predicted molar refractivity (Wildman–Crippen MR) is 76.2 cm³/mol. The van der Waals surface area contributed by atoms with E-state index in [1.54, 1.807) is 0 Å². The van der Waals surface area contributed by atoms with E-state index in [4.69, 9.17) is 0 Å². The summed E-state index contributed by atoms with van der Waals surface area (Å²) in [6.45, 7) is 6.51. The third-order valence-corrected chi connectivity index (χ3v) is 5.03. The highest BCUT2D eigenvalue weighted by molar-refractivity contribution is 7.91. The number of hydrogen-bond acceptors (Lipinski definition) is 6. The van der Waals surface area contributed by atoms with E-state index in [9.17, 15) is 8.42 Å². The zero-order valence-electron chi connectivity index (χ0n) is 11.5. The molecule has 106 valence electrons. The Morgan fingerprint density at radius 2 is 2.05 bits per heavy atom. The van der Waals surface area contributed by atoms with Crippen molar-refractivity contribution in [2.75, 3.05) is 28.7 Å². The van der Waals surface area contributed by atoms with Crippen LogP contribution in [0.25, 0.3) is 0 Å². The second-order valence-corrected chi connectivity index (χ2v) is 7.43. The molecule has 1 fully saturated rings. The largest absolute Gasteiger partial charge is 0.370 e. The Labute approximate surface area is 114 Å². The summed E-state index contributed by atoms with van der Waals surface area (Å²) < 4.78 is 23.2. The van der Waals surface area contributed by atoms with Gasteiger partial charge in [-0.2, -0.15) is 0 Å². The molecule has 7 heteroatoms. The van der Waals surface area contributed by atoms with E-state index in [1.165, 1.54) is 0 Å². The molecule has 1 aliphatic heterocycles. The van der Waals surface area contributed by atoms with Crippen LogP contribution >= 0.6 is 0 Å². The Morgan fingerprint density at radius 3 is 2.63 bits per heavy atom. The zero-order chi connectivity index (χ0) is 14.1. The second kappa shape index (κ2) is 4.96. The van der Waals surface area contributed by atoms with Gasteiger partial charge in [-0.25, -0.2) is 18.4 Å². The van der Waals surface area contributed by atoms with Crippen LogP contribution in [0.3, 0.4) is 0 Å². The molecule has 1 aromatic rings. The van der Waals surface area contributed by atoms with E-state index >= 15 is 0 Å². The Morgan fingerprint density at radius 1 is 1.37 bits per heavy atom. The molecule has 6 nitrogen and oxygen atoms in total. The standard InChI is InChI=1S/C12H20N4O2S/c1-4-13-10-7-11(15-9(2)14-10)16-12(3)5-6-19(17,18)8-12/h7H,4-6,8H2,1-3H3,(H2,13,14,15,16). The molecule has 0 amide bonds. The van der Waals surface area contributed by atoms with Crippen molar-refractivity contribution < 1.29 is 8.42 Å². The highest BCUT2D eigenvalue weighted by Crippen LogP contribution is 2.27. The first-order valence-electron chi connectivity index (χ1n) is 6.40. The molecule has 0 aliphatic carbocycles. The fourth-order valence-electron chi connectivity index (χ4n) is 2.32. The predicted octanol–water partition coefficient (Wildman–Crippen LogP) is 1.21. The zero-order valence-corrected chi connectivity index (χ0v) is 12.3. The maximum atomic E-state index is 11.6. The summed E-state index contributed by atoms with van der Waals surface area (Å²) in [5.74, 6) is 2.47. The normalized spacial score (nSPS) is 25.2. The van der Waals surface area contributed by atoms with Crippen molar-refractivity contribution in [2.45, 2.75) is 32.7 Å². The van der Waals surface area contributed by atoms with Crippen LogP contribution in [0.15, 0.2) is 6.07 Å². The number of nitrogens with zero attached hydrogens (tertiary/aromatic N) is 2. The van der Waals surface area contributed by atoms with Crippen LogP contribution in [0, 0.1) is 6.92 Å². The smallest absolute Gasteiger partial charge is 0.152 e. The summed E-state index contributed by atoms with van der Waals surface area (Å²) in [7, 11) is -2.93. The molecule has 0 spiro atoms. The van der Waals surface area contributed by atoms with Gasteiger partial charge in [0.2, 0.25) is 0 Å². The van der Waals surface area contributed by atoms with Gasteiger partial charge in [0.05, 0.1) is 17.0 Å². The van der Waals surface area contributed by atoms with Gasteiger partial charge in [0, 0.05) is 12.6 Å². The minimum absolute atomic E-state index is 0.152. The van der Waals surface area contributed by atoms with Crippen molar-refractivity contribution >= 4 is 21.5 Å². The number of hydrogen-bond donors (Lipinski definition) is 2. The van der Waals surface area contributed by atoms with Crippen molar-refractivity contribution in [3.05, 3.63) is 11.9 Å². The maximum absolute atomic E-state index is 11.6. The Hall–Kier alpha value is -1.37. The summed E-state index contributed by atoms with van der Waals surface area (Å²) >= 11 is 0. The summed E-state index contributed by atoms with van der Waals surface area (Å²) in [6, 6.07) is 1.81. The van der Waals surface area contributed by atoms with E-state index in [0.717, 1.165) is 12.4 Å². The molecular formula is C12H20N4O2S. The molecule has 1 aromatic heterocycles. The fourth-order valence-corrected chi connectivity index (χ4v) is 4.41. The molecule has 2 rings (SSSR count). The second-order valence-electron chi connectivity index (χ2n) is 5.24. The lowest BCUT2D eigenvalue weighted by molar-refractivity contribution is 0.571. The van der Waals surface area contributed by atoms with Crippen molar-refractivity contribution in [3.63, 3.8) is 0 Å². The van der Waals surface area contributed by atoms with Crippen LogP contribution in [0.5, 0.6) is 0 Å². The monoisotopic (exact) mass is 284 g/mol. The maximum Gasteiger partial charge on any atom is 0.152 e. The van der Waals surface area contributed by atoms with Crippen LogP contribution in [0.2, 0.25) is 0 Å². The van der Waals surface area contributed by atoms with E-state index in [-0.39, 0.29) is 11.5 Å². The summed E-state index contributed by atoms with van der Waals surface area (Å²) in [4.78, 5) is 8.58. The number of anilines is 2. The molecular weight excluding hydrogens is 264 g/mol. The molecule has 1 saturated heterocycles. The van der Waals surface area contributed by atoms with E-state index < -0.39 is 15.4 Å². The first-order chi connectivity index (χ1) is 8.82. The summed E-state index contributed by atoms with van der Waals surface area (Å²) in [5.41, 5.74) is -0.441. The van der Waals surface area contributed by atoms with Gasteiger partial charge in [-0.05, 0) is 27.2 Å². The number of rotatable bonds is 4. The Bertz CT molecular complexity index is 573. The van der Waals surface area contributed by atoms with Gasteiger partial charge >= 0.3 is 0 Å². The van der Waals surface area contributed by atoms with Crippen molar-refractivity contribution in [1.82, 2.24) is 9.97 Å². The molecule has 1 aliphatic rings. The van der Waals surface area contributed by atoms with Gasteiger partial charge in [-0.3, -0.25) is 0 Å². The van der Waals surface area contributed by atoms with Crippen molar-refractivity contribution in [2.24, 2.45) is 0 Å². The Balaban J connectivity index is 2.19. The minimum atomic E-state index is -2.93. The van der Waals surface area contributed by atoms with Gasteiger partial charge in [0.25, 0.3) is 0 Å². The van der Waals surface area contributed by atoms with E-state index in [2.05, 4.69) is 20.6 Å². The van der Waals surface area contributed by atoms with Crippen LogP contribution in [-0.4, -0.2) is 42.0 Å². The summed E-state index contributed by atoms with van der Waals surface area (Å²) in [6.07, 6.45) is 0.606. The summed E-state index contributed by atoms with van der Waals surface area (Å²) in [5, 5.41) is 6.38. The van der Waals surface area contributed by atoms with Gasteiger partial charge < -0.3 is 10.6 Å². The highest BCUT2D eigenvalue weighted by atomic mass is 32.2. The number of sulfone groups is 1. The van der Waals surface area contributed by atoms with Crippen LogP contribution in [0.4, 0.5) is 11.6 Å². The molecule has 0 aromatic carbocycles. The molecule has 2 N–H and O–H groups in total. The van der Waals surface area contributed by atoms with Crippen molar-refractivity contribution in [3.8, 4) is 0 Å². The quantitative estimate of drug-likeness (QED) is 0.864. The van der Waals surface area contributed by atoms with Crippen LogP contribution < -0.4 is 10.6 Å². The van der Waals surface area contributed by atoms with Gasteiger partial charge in [0.1, 0.15) is 17.5 Å². The lowest BCUT2D eigenvalue weighted by Crippen LogP contribution is -2.36. The van der Waals surface area contributed by atoms with Gasteiger partial charge in [0.15, 0.2) is 9.84 Å². The minimum Gasteiger partial charge on any atom is -0.370 e. The van der Waals surface area contributed by atoms with Crippen LogP contribution in [0.1, 0.15) is 26.1 Å². The lowest BCUT2D eigenvalue weighted by atomic mass is 10.0. The third kappa shape index (κ3) is 3.56. The molecule has 1 atom stereocenters. The first kappa shape index (κ1) is 14.0. The average molecular weight is 284 g/mol. The highest BCUT2D eigenvalue weighted by Gasteiger charge is 2.38.